The minimum absolute atomic E-state index is 0.0187. The first-order valence-corrected chi connectivity index (χ1v) is 9.13. The van der Waals surface area contributed by atoms with Gasteiger partial charge >= 0.3 is 0 Å². The number of likely N-dealkylation sites (N-methyl/N-ethyl adjacent to an activating group) is 1. The molecule has 1 heterocycles. The van der Waals surface area contributed by atoms with E-state index in [0.717, 1.165) is 19.3 Å². The van der Waals surface area contributed by atoms with Crippen molar-refractivity contribution in [1.29, 1.82) is 0 Å². The van der Waals surface area contributed by atoms with Crippen LogP contribution in [0.25, 0.3) is 10.9 Å². The van der Waals surface area contributed by atoms with Gasteiger partial charge in [0.1, 0.15) is 5.56 Å². The Hall–Kier alpha value is -2.63. The molecule has 0 saturated heterocycles. The number of hydrogen-bond acceptors (Lipinski definition) is 3. The highest BCUT2D eigenvalue weighted by atomic mass is 16.2. The smallest absolute Gasteiger partial charge is 0.257 e. The van der Waals surface area contributed by atoms with E-state index in [4.69, 9.17) is 0 Å². The van der Waals surface area contributed by atoms with Crippen molar-refractivity contribution >= 4 is 22.7 Å². The van der Waals surface area contributed by atoms with Crippen LogP contribution in [0.2, 0.25) is 0 Å². The molecule has 2 amide bonds. The van der Waals surface area contributed by atoms with Crippen LogP contribution in [0.3, 0.4) is 0 Å². The summed E-state index contributed by atoms with van der Waals surface area (Å²) in [5.41, 5.74) is 0.361. The fourth-order valence-electron chi connectivity index (χ4n) is 3.77. The van der Waals surface area contributed by atoms with Crippen LogP contribution in [0, 0.1) is 5.92 Å². The molecule has 1 fully saturated rings. The van der Waals surface area contributed by atoms with Gasteiger partial charge in [-0.25, -0.2) is 0 Å². The highest BCUT2D eigenvalue weighted by molar-refractivity contribution is 5.98. The van der Waals surface area contributed by atoms with Crippen molar-refractivity contribution in [3.05, 3.63) is 46.2 Å². The van der Waals surface area contributed by atoms with E-state index >= 15 is 0 Å². The predicted molar refractivity (Wildman–Crippen MR) is 101 cm³/mol. The van der Waals surface area contributed by atoms with Crippen LogP contribution in [0.5, 0.6) is 0 Å². The number of aromatic nitrogens is 1. The molecule has 6 heteroatoms. The van der Waals surface area contributed by atoms with Crippen molar-refractivity contribution in [2.45, 2.75) is 38.6 Å². The number of benzene rings is 1. The van der Waals surface area contributed by atoms with Crippen LogP contribution in [-0.4, -0.2) is 41.3 Å². The molecular weight excluding hydrogens is 330 g/mol. The zero-order chi connectivity index (χ0) is 18.7. The number of aromatic amines is 1. The van der Waals surface area contributed by atoms with E-state index in [2.05, 4.69) is 17.2 Å². The van der Waals surface area contributed by atoms with Gasteiger partial charge in [0.05, 0.1) is 6.54 Å². The van der Waals surface area contributed by atoms with E-state index in [9.17, 15) is 14.4 Å². The summed E-state index contributed by atoms with van der Waals surface area (Å²) in [7, 11) is 1.80. The molecule has 0 aliphatic heterocycles. The van der Waals surface area contributed by atoms with Gasteiger partial charge in [-0.3, -0.25) is 14.4 Å². The fourth-order valence-corrected chi connectivity index (χ4v) is 3.77. The highest BCUT2D eigenvalue weighted by Crippen LogP contribution is 2.27. The lowest BCUT2D eigenvalue weighted by Crippen LogP contribution is -2.47. The van der Waals surface area contributed by atoms with E-state index in [-0.39, 0.29) is 29.5 Å². The molecule has 1 aliphatic carbocycles. The quantitative estimate of drug-likeness (QED) is 0.883. The van der Waals surface area contributed by atoms with E-state index < -0.39 is 5.91 Å². The van der Waals surface area contributed by atoms with Gasteiger partial charge in [0.25, 0.3) is 5.91 Å². The van der Waals surface area contributed by atoms with Gasteiger partial charge in [-0.2, -0.15) is 0 Å². The standard InChI is InChI=1S/C20H25N3O3/c1-13-7-3-6-10-17(13)23(2)18(24)12-22-20(26)15-11-21-16-9-5-4-8-14(16)19(15)25/h4-5,8-9,11,13,17H,3,6-7,10,12H2,1-2H3,(H,21,25)(H,22,26). The van der Waals surface area contributed by atoms with Crippen molar-refractivity contribution in [2.75, 3.05) is 13.6 Å². The van der Waals surface area contributed by atoms with Crippen LogP contribution in [-0.2, 0) is 4.79 Å². The highest BCUT2D eigenvalue weighted by Gasteiger charge is 2.28. The van der Waals surface area contributed by atoms with Crippen LogP contribution in [0.15, 0.2) is 35.3 Å². The number of nitrogens with zero attached hydrogens (tertiary/aromatic N) is 1. The Morgan fingerprint density at radius 3 is 2.73 bits per heavy atom. The molecule has 2 N–H and O–H groups in total. The van der Waals surface area contributed by atoms with Crippen molar-refractivity contribution < 1.29 is 9.59 Å². The van der Waals surface area contributed by atoms with Crippen LogP contribution in [0.4, 0.5) is 0 Å². The first-order valence-electron chi connectivity index (χ1n) is 9.13. The van der Waals surface area contributed by atoms with Gasteiger partial charge in [0, 0.05) is 30.2 Å². The minimum Gasteiger partial charge on any atom is -0.360 e. The zero-order valence-electron chi connectivity index (χ0n) is 15.2. The first kappa shape index (κ1) is 18.2. The number of fused-ring (bicyclic) bond motifs is 1. The number of carbonyl (C=O) groups excluding carboxylic acids is 2. The maximum absolute atomic E-state index is 12.5. The van der Waals surface area contributed by atoms with Crippen LogP contribution >= 0.6 is 0 Å². The van der Waals surface area contributed by atoms with E-state index in [0.29, 0.717) is 16.8 Å². The lowest BCUT2D eigenvalue weighted by Gasteiger charge is -2.36. The van der Waals surface area contributed by atoms with Crippen molar-refractivity contribution in [2.24, 2.45) is 5.92 Å². The average Bonchev–Trinajstić information content (AvgIpc) is 2.66. The second-order valence-corrected chi connectivity index (χ2v) is 7.09. The van der Waals surface area contributed by atoms with E-state index in [1.807, 2.05) is 6.07 Å². The van der Waals surface area contributed by atoms with Crippen LogP contribution < -0.4 is 10.7 Å². The molecule has 0 bridgehead atoms. The summed E-state index contributed by atoms with van der Waals surface area (Å²) in [6.45, 7) is 2.06. The van der Waals surface area contributed by atoms with Crippen molar-refractivity contribution in [1.82, 2.24) is 15.2 Å². The maximum atomic E-state index is 12.5. The molecule has 1 aromatic heterocycles. The molecule has 1 aromatic carbocycles. The average molecular weight is 355 g/mol. The molecule has 2 aromatic rings. The fraction of sp³-hybridized carbons (Fsp3) is 0.450. The summed E-state index contributed by atoms with van der Waals surface area (Å²) in [4.78, 5) is 42.0. The summed E-state index contributed by atoms with van der Waals surface area (Å²) < 4.78 is 0. The largest absolute Gasteiger partial charge is 0.360 e. The Morgan fingerprint density at radius 2 is 1.96 bits per heavy atom. The molecular formula is C20H25N3O3. The van der Waals surface area contributed by atoms with Gasteiger partial charge in [-0.15, -0.1) is 0 Å². The molecule has 2 unspecified atom stereocenters. The first-order chi connectivity index (χ1) is 12.5. The van der Waals surface area contributed by atoms with Gasteiger partial charge in [-0.1, -0.05) is 31.9 Å². The molecule has 138 valence electrons. The third-order valence-electron chi connectivity index (χ3n) is 5.39. The summed E-state index contributed by atoms with van der Waals surface area (Å²) in [5.74, 6) is -0.193. The van der Waals surface area contributed by atoms with Gasteiger partial charge < -0.3 is 15.2 Å². The third-order valence-corrected chi connectivity index (χ3v) is 5.39. The summed E-state index contributed by atoms with van der Waals surface area (Å²) in [6, 6.07) is 7.25. The SMILES string of the molecule is CC1CCCCC1N(C)C(=O)CNC(=O)c1c[nH]c2ccccc2c1=O. The molecule has 1 saturated carbocycles. The minimum atomic E-state index is -0.532. The van der Waals surface area contributed by atoms with Gasteiger partial charge in [0.2, 0.25) is 11.3 Å². The lowest BCUT2D eigenvalue weighted by atomic mass is 9.85. The molecule has 3 rings (SSSR count). The van der Waals surface area contributed by atoms with Gasteiger partial charge in [-0.05, 0) is 30.9 Å². The second kappa shape index (κ2) is 7.72. The number of nitrogens with one attached hydrogen (secondary N) is 2. The van der Waals surface area contributed by atoms with Gasteiger partial charge in [0.15, 0.2) is 0 Å². The Balaban J connectivity index is 1.66. The number of H-pyrrole nitrogens is 1. The molecule has 1 aliphatic rings. The third kappa shape index (κ3) is 3.64. The summed E-state index contributed by atoms with van der Waals surface area (Å²) in [5, 5.41) is 3.05. The summed E-state index contributed by atoms with van der Waals surface area (Å²) in [6.07, 6.45) is 5.87. The number of carbonyl (C=O) groups is 2. The van der Waals surface area contributed by atoms with Crippen LogP contribution in [0.1, 0.15) is 43.0 Å². The second-order valence-electron chi connectivity index (χ2n) is 7.09. The number of amides is 2. The number of para-hydroxylation sites is 1. The Bertz CT molecular complexity index is 874. The molecule has 6 nitrogen and oxygen atoms in total. The monoisotopic (exact) mass is 355 g/mol. The topological polar surface area (TPSA) is 82.3 Å². The summed E-state index contributed by atoms with van der Waals surface area (Å²) >= 11 is 0. The predicted octanol–water partition coefficient (Wildman–Crippen LogP) is 2.29. The van der Waals surface area contributed by atoms with E-state index in [1.54, 1.807) is 30.1 Å². The zero-order valence-corrected chi connectivity index (χ0v) is 15.2. The Morgan fingerprint density at radius 1 is 1.23 bits per heavy atom. The molecule has 0 spiro atoms. The molecule has 0 radical (unpaired) electrons. The Labute approximate surface area is 152 Å². The lowest BCUT2D eigenvalue weighted by molar-refractivity contribution is -0.132. The number of pyridine rings is 1. The molecule has 2 atom stereocenters. The Kier molecular flexibility index (Phi) is 5.40. The van der Waals surface area contributed by atoms with Crippen molar-refractivity contribution in [3.63, 3.8) is 0 Å². The normalized spacial score (nSPS) is 19.9. The van der Waals surface area contributed by atoms with Crippen molar-refractivity contribution in [3.8, 4) is 0 Å². The maximum Gasteiger partial charge on any atom is 0.257 e. The number of rotatable bonds is 4. The number of hydrogen-bond donors (Lipinski definition) is 2. The molecule has 26 heavy (non-hydrogen) atoms. The van der Waals surface area contributed by atoms with E-state index in [1.165, 1.54) is 12.6 Å².